The van der Waals surface area contributed by atoms with Crippen molar-refractivity contribution < 1.29 is 58.1 Å². The molecule has 1 unspecified atom stereocenters. The Labute approximate surface area is 148 Å². The van der Waals surface area contributed by atoms with Gasteiger partial charge in [-0.1, -0.05) is 0 Å². The molecule has 0 saturated carbocycles. The zero-order chi connectivity index (χ0) is 22.2. The Hall–Kier alpha value is -2.56. The van der Waals surface area contributed by atoms with Gasteiger partial charge in [0.05, 0.1) is 5.56 Å². The van der Waals surface area contributed by atoms with Gasteiger partial charge in [0.1, 0.15) is 23.5 Å². The second-order valence-corrected chi connectivity index (χ2v) is 5.03. The number of methoxy groups -OCH3 is 1. The number of nitriles is 1. The van der Waals surface area contributed by atoms with Gasteiger partial charge in [-0.2, -0.15) is 31.6 Å². The van der Waals surface area contributed by atoms with Crippen LogP contribution in [0.3, 0.4) is 0 Å². The number of nitrogens with zero attached hydrogens (tertiary/aromatic N) is 1. The molecule has 0 aliphatic rings. The third-order valence-electron chi connectivity index (χ3n) is 3.41. The fraction of sp³-hybridized carbons (Fsp3) is 0.357. The molecule has 0 bridgehead atoms. The summed E-state index contributed by atoms with van der Waals surface area (Å²) >= 11 is 0. The lowest BCUT2D eigenvalue weighted by Crippen LogP contribution is -2.61. The number of hydrogen-bond donors (Lipinski definition) is 1. The van der Waals surface area contributed by atoms with Crippen LogP contribution in [0.5, 0.6) is 0 Å². The Morgan fingerprint density at radius 1 is 0.929 bits per heavy atom. The van der Waals surface area contributed by atoms with Crippen LogP contribution < -0.4 is 0 Å². The number of rotatable bonds is 4. The zero-order valence-electron chi connectivity index (χ0n) is 13.1. The van der Waals surface area contributed by atoms with Gasteiger partial charge >= 0.3 is 18.0 Å². The zero-order valence-corrected chi connectivity index (χ0v) is 13.1. The van der Waals surface area contributed by atoms with E-state index in [9.17, 15) is 53.4 Å². The molecule has 0 heterocycles. The van der Waals surface area contributed by atoms with Gasteiger partial charge in [-0.25, -0.2) is 22.0 Å². The Kier molecular flexibility index (Phi) is 6.25. The molecule has 28 heavy (non-hydrogen) atoms. The summed E-state index contributed by atoms with van der Waals surface area (Å²) in [6.45, 7) is 0. The van der Waals surface area contributed by atoms with Crippen LogP contribution in [0.2, 0.25) is 0 Å². The van der Waals surface area contributed by atoms with Crippen molar-refractivity contribution in [2.24, 2.45) is 0 Å². The highest BCUT2D eigenvalue weighted by molar-refractivity contribution is 5.62. The van der Waals surface area contributed by atoms with Gasteiger partial charge in [0.25, 0.3) is 0 Å². The molecule has 0 spiro atoms. The molecule has 1 aromatic rings. The molecule has 0 aliphatic carbocycles. The van der Waals surface area contributed by atoms with Gasteiger partial charge in [0, 0.05) is 7.11 Å². The van der Waals surface area contributed by atoms with Crippen LogP contribution >= 0.6 is 0 Å². The molecule has 14 heteroatoms. The number of aliphatic hydroxyl groups excluding tert-OH is 1. The van der Waals surface area contributed by atoms with Crippen molar-refractivity contribution in [1.82, 2.24) is 0 Å². The van der Waals surface area contributed by atoms with Crippen LogP contribution in [0.4, 0.5) is 48.3 Å². The average Bonchev–Trinajstić information content (AvgIpc) is 2.56. The predicted octanol–water partition coefficient (Wildman–Crippen LogP) is 4.86. The van der Waals surface area contributed by atoms with Gasteiger partial charge in [0.15, 0.2) is 23.3 Å². The van der Waals surface area contributed by atoms with Crippen LogP contribution in [-0.4, -0.2) is 36.3 Å². The largest absolute Gasteiger partial charge is 0.507 e. The highest BCUT2D eigenvalue weighted by Gasteiger charge is 2.76. The van der Waals surface area contributed by atoms with Crippen LogP contribution in [0, 0.1) is 34.6 Å². The van der Waals surface area contributed by atoms with Gasteiger partial charge in [-0.05, 0) is 6.08 Å². The van der Waals surface area contributed by atoms with E-state index in [-0.39, 0.29) is 7.11 Å². The van der Waals surface area contributed by atoms with Crippen LogP contribution in [0.25, 0.3) is 5.76 Å². The number of halogens is 11. The van der Waals surface area contributed by atoms with Crippen molar-refractivity contribution in [1.29, 1.82) is 5.26 Å². The van der Waals surface area contributed by atoms with Gasteiger partial charge in [0.2, 0.25) is 0 Å². The van der Waals surface area contributed by atoms with Gasteiger partial charge in [-0.3, -0.25) is 0 Å². The lowest BCUT2D eigenvalue weighted by Gasteiger charge is -2.34. The summed E-state index contributed by atoms with van der Waals surface area (Å²) in [5, 5.41) is 17.9. The molecule has 1 N–H and O–H groups in total. The molecule has 1 atom stereocenters. The van der Waals surface area contributed by atoms with E-state index in [0.29, 0.717) is 6.07 Å². The molecule has 0 fully saturated rings. The highest BCUT2D eigenvalue weighted by atomic mass is 19.4. The average molecular weight is 429 g/mol. The maximum absolute atomic E-state index is 13.9. The molecular weight excluding hydrogens is 423 g/mol. The highest BCUT2D eigenvalue weighted by Crippen LogP contribution is 2.50. The number of hydrogen-bond acceptors (Lipinski definition) is 3. The Bertz CT molecular complexity index is 793. The van der Waals surface area contributed by atoms with E-state index >= 15 is 0 Å². The lowest BCUT2D eigenvalue weighted by atomic mass is 9.95. The van der Waals surface area contributed by atoms with E-state index in [2.05, 4.69) is 4.74 Å². The van der Waals surface area contributed by atoms with Crippen LogP contribution in [0.1, 0.15) is 11.1 Å². The minimum atomic E-state index is -6.68. The van der Waals surface area contributed by atoms with Crippen molar-refractivity contribution in [3.8, 4) is 6.07 Å². The summed E-state index contributed by atoms with van der Waals surface area (Å²) in [7, 11) is 0.132. The number of alkyl halides is 7. The van der Waals surface area contributed by atoms with Crippen molar-refractivity contribution in [3.05, 3.63) is 40.5 Å². The first-order chi connectivity index (χ1) is 12.6. The second-order valence-electron chi connectivity index (χ2n) is 5.03. The summed E-state index contributed by atoms with van der Waals surface area (Å²) in [6.07, 6.45) is -17.9. The fourth-order valence-corrected chi connectivity index (χ4v) is 2.01. The Balaban J connectivity index is 3.74. The number of aliphatic hydroxyl groups is 1. The quantitative estimate of drug-likeness (QED) is 0.423. The molecule has 1 rings (SSSR count). The van der Waals surface area contributed by atoms with E-state index in [1.165, 1.54) is 0 Å². The van der Waals surface area contributed by atoms with E-state index in [1.54, 1.807) is 0 Å². The maximum atomic E-state index is 13.9. The van der Waals surface area contributed by atoms with Crippen molar-refractivity contribution in [2.45, 2.75) is 24.1 Å². The van der Waals surface area contributed by atoms with Crippen LogP contribution in [-0.2, 0) is 4.74 Å². The maximum Gasteiger partial charge on any atom is 0.434 e. The van der Waals surface area contributed by atoms with Crippen LogP contribution in [0.15, 0.2) is 6.08 Å². The summed E-state index contributed by atoms with van der Waals surface area (Å²) in [5.74, 6) is -12.1. The normalized spacial score (nSPS) is 14.8. The molecule has 0 aromatic heterocycles. The van der Waals surface area contributed by atoms with E-state index in [0.717, 1.165) is 0 Å². The minimum absolute atomic E-state index is 0.132. The summed E-state index contributed by atoms with van der Waals surface area (Å²) < 4.78 is 148. The second kappa shape index (κ2) is 7.46. The Morgan fingerprint density at radius 2 is 1.32 bits per heavy atom. The third kappa shape index (κ3) is 3.58. The molecule has 0 aliphatic heterocycles. The lowest BCUT2D eigenvalue weighted by molar-refractivity contribution is -0.361. The molecule has 0 saturated heterocycles. The molecule has 3 nitrogen and oxygen atoms in total. The SMILES string of the molecule is COC(/C=C(\O)c1c(F)c(F)c(C#N)c(F)c1F)C(F)(C(F)(F)F)C(F)(F)F. The smallest absolute Gasteiger partial charge is 0.434 e. The fourth-order valence-electron chi connectivity index (χ4n) is 2.01. The van der Waals surface area contributed by atoms with Crippen molar-refractivity contribution >= 4 is 5.76 Å². The first kappa shape index (κ1) is 23.5. The van der Waals surface area contributed by atoms with E-state index < -0.39 is 70.4 Å². The van der Waals surface area contributed by atoms with E-state index in [1.807, 2.05) is 0 Å². The minimum Gasteiger partial charge on any atom is -0.507 e. The van der Waals surface area contributed by atoms with Crippen molar-refractivity contribution in [2.75, 3.05) is 7.11 Å². The molecule has 0 radical (unpaired) electrons. The van der Waals surface area contributed by atoms with Gasteiger partial charge < -0.3 is 9.84 Å². The predicted molar refractivity (Wildman–Crippen MR) is 68.3 cm³/mol. The topological polar surface area (TPSA) is 53.2 Å². The van der Waals surface area contributed by atoms with E-state index in [4.69, 9.17) is 5.26 Å². The summed E-state index contributed by atoms with van der Waals surface area (Å²) in [6, 6.07) is 0.714. The first-order valence-electron chi connectivity index (χ1n) is 6.58. The monoisotopic (exact) mass is 429 g/mol. The molecule has 1 aromatic carbocycles. The molecule has 156 valence electrons. The summed E-state index contributed by atoms with van der Waals surface area (Å²) in [4.78, 5) is 0. The Morgan fingerprint density at radius 3 is 1.61 bits per heavy atom. The number of benzene rings is 1. The van der Waals surface area contributed by atoms with Gasteiger partial charge in [-0.15, -0.1) is 0 Å². The van der Waals surface area contributed by atoms with Crippen molar-refractivity contribution in [3.63, 3.8) is 0 Å². The molecular formula is C14H6F11NO2. The number of ether oxygens (including phenoxy) is 1. The standard InChI is InChI=1S/C14H6F11NO2/c1-28-6(12(19,13(20,21)22)14(23,24)25)2-5(27)7-10(17)8(15)4(3-26)9(16)11(7)18/h2,6,27H,1H3/b5-2-. The first-order valence-corrected chi connectivity index (χ1v) is 6.58. The third-order valence-corrected chi connectivity index (χ3v) is 3.41. The molecule has 0 amide bonds. The summed E-state index contributed by atoms with van der Waals surface area (Å²) in [5.41, 5.74) is -10.2.